The Morgan fingerprint density at radius 2 is 2.11 bits per heavy atom. The number of nitrogen functional groups attached to an aromatic ring is 1. The normalized spacial score (nSPS) is 12.1. The van der Waals surface area contributed by atoms with Gasteiger partial charge in [-0.1, -0.05) is 30.3 Å². The number of nitrogens with two attached hydrogens (primary N) is 1. The van der Waals surface area contributed by atoms with Crippen molar-refractivity contribution in [1.29, 1.82) is 0 Å². The smallest absolute Gasteiger partial charge is 0.272 e. The van der Waals surface area contributed by atoms with Gasteiger partial charge in [0.05, 0.1) is 17.9 Å². The molecule has 1 aromatic heterocycles. The fourth-order valence-corrected chi connectivity index (χ4v) is 1.98. The van der Waals surface area contributed by atoms with Crippen LogP contribution in [-0.4, -0.2) is 15.7 Å². The number of aryl methyl sites for hydroxylation is 1. The van der Waals surface area contributed by atoms with Gasteiger partial charge in [-0.05, 0) is 19.4 Å². The molecular formula is C14H18N4O. The third-order valence-electron chi connectivity index (χ3n) is 3.03. The Balaban J connectivity index is 2.15. The Morgan fingerprint density at radius 3 is 2.74 bits per heavy atom. The van der Waals surface area contributed by atoms with Gasteiger partial charge in [-0.3, -0.25) is 9.48 Å². The summed E-state index contributed by atoms with van der Waals surface area (Å²) in [6.07, 6.45) is 1.51. The summed E-state index contributed by atoms with van der Waals surface area (Å²) in [4.78, 5) is 12.2. The first-order valence-corrected chi connectivity index (χ1v) is 6.30. The maximum absolute atomic E-state index is 12.2. The van der Waals surface area contributed by atoms with Gasteiger partial charge in [-0.25, -0.2) is 0 Å². The van der Waals surface area contributed by atoms with Gasteiger partial charge >= 0.3 is 0 Å². The van der Waals surface area contributed by atoms with E-state index < -0.39 is 0 Å². The first-order valence-electron chi connectivity index (χ1n) is 6.30. The van der Waals surface area contributed by atoms with Crippen molar-refractivity contribution in [2.75, 3.05) is 5.73 Å². The highest BCUT2D eigenvalue weighted by molar-refractivity contribution is 5.97. The molecule has 0 saturated carbocycles. The topological polar surface area (TPSA) is 72.9 Å². The van der Waals surface area contributed by atoms with Crippen molar-refractivity contribution >= 4 is 11.6 Å². The molecule has 19 heavy (non-hydrogen) atoms. The standard InChI is InChI=1S/C14H18N4O/c1-3-18-13(12(15)9-16-18)14(19)17-10(2)11-7-5-4-6-8-11/h4-10H,3,15H2,1-2H3,(H,17,19)/t10-/m0/s1. The van der Waals surface area contributed by atoms with E-state index in [-0.39, 0.29) is 11.9 Å². The maximum Gasteiger partial charge on any atom is 0.272 e. The number of carbonyl (C=O) groups is 1. The quantitative estimate of drug-likeness (QED) is 0.880. The predicted octanol–water partition coefficient (Wildman–Crippen LogP) is 1.98. The number of benzene rings is 1. The van der Waals surface area contributed by atoms with Crippen LogP contribution in [0.5, 0.6) is 0 Å². The number of amides is 1. The van der Waals surface area contributed by atoms with E-state index in [4.69, 9.17) is 5.73 Å². The van der Waals surface area contributed by atoms with E-state index in [0.717, 1.165) is 5.56 Å². The van der Waals surface area contributed by atoms with Crippen molar-refractivity contribution in [1.82, 2.24) is 15.1 Å². The van der Waals surface area contributed by atoms with Gasteiger partial charge in [-0.15, -0.1) is 0 Å². The van der Waals surface area contributed by atoms with Crippen molar-refractivity contribution in [2.45, 2.75) is 26.4 Å². The van der Waals surface area contributed by atoms with E-state index in [0.29, 0.717) is 17.9 Å². The zero-order valence-electron chi connectivity index (χ0n) is 11.1. The molecule has 2 rings (SSSR count). The summed E-state index contributed by atoms with van der Waals surface area (Å²) in [5, 5.41) is 7.00. The first kappa shape index (κ1) is 13.1. The minimum atomic E-state index is -0.201. The molecule has 0 saturated heterocycles. The fourth-order valence-electron chi connectivity index (χ4n) is 1.98. The molecule has 1 atom stereocenters. The van der Waals surface area contributed by atoms with Crippen LogP contribution in [-0.2, 0) is 6.54 Å². The minimum Gasteiger partial charge on any atom is -0.396 e. The Hall–Kier alpha value is -2.30. The van der Waals surface area contributed by atoms with E-state index in [1.807, 2.05) is 44.2 Å². The molecule has 5 heteroatoms. The highest BCUT2D eigenvalue weighted by Gasteiger charge is 2.18. The summed E-state index contributed by atoms with van der Waals surface area (Å²) >= 11 is 0. The summed E-state index contributed by atoms with van der Waals surface area (Å²) in [6.45, 7) is 4.47. The zero-order chi connectivity index (χ0) is 13.8. The predicted molar refractivity (Wildman–Crippen MR) is 74.6 cm³/mol. The Morgan fingerprint density at radius 1 is 1.42 bits per heavy atom. The second-order valence-electron chi connectivity index (χ2n) is 4.37. The van der Waals surface area contributed by atoms with Crippen LogP contribution in [0.2, 0.25) is 0 Å². The van der Waals surface area contributed by atoms with Crippen molar-refractivity contribution in [3.63, 3.8) is 0 Å². The monoisotopic (exact) mass is 258 g/mol. The molecule has 1 heterocycles. The van der Waals surface area contributed by atoms with Crippen LogP contribution in [0.1, 0.15) is 35.9 Å². The number of anilines is 1. The van der Waals surface area contributed by atoms with Crippen LogP contribution in [0, 0.1) is 0 Å². The molecule has 2 aromatic rings. The Labute approximate surface area is 112 Å². The largest absolute Gasteiger partial charge is 0.396 e. The lowest BCUT2D eigenvalue weighted by Gasteiger charge is -2.15. The van der Waals surface area contributed by atoms with Crippen molar-refractivity contribution in [2.24, 2.45) is 0 Å². The van der Waals surface area contributed by atoms with Gasteiger partial charge in [0.2, 0.25) is 0 Å². The molecular weight excluding hydrogens is 240 g/mol. The van der Waals surface area contributed by atoms with E-state index in [1.165, 1.54) is 6.20 Å². The van der Waals surface area contributed by atoms with E-state index in [2.05, 4.69) is 10.4 Å². The molecule has 0 aliphatic carbocycles. The third-order valence-corrected chi connectivity index (χ3v) is 3.03. The lowest BCUT2D eigenvalue weighted by Crippen LogP contribution is -2.29. The number of hydrogen-bond donors (Lipinski definition) is 2. The molecule has 1 aromatic carbocycles. The van der Waals surface area contributed by atoms with Gasteiger partial charge in [0, 0.05) is 6.54 Å². The number of rotatable bonds is 4. The van der Waals surface area contributed by atoms with Gasteiger partial charge in [0.25, 0.3) is 5.91 Å². The zero-order valence-corrected chi connectivity index (χ0v) is 11.1. The molecule has 0 unspecified atom stereocenters. The van der Waals surface area contributed by atoms with Gasteiger partial charge in [-0.2, -0.15) is 5.10 Å². The van der Waals surface area contributed by atoms with Crippen molar-refractivity contribution < 1.29 is 4.79 Å². The Bertz CT molecular complexity index is 562. The van der Waals surface area contributed by atoms with Crippen LogP contribution >= 0.6 is 0 Å². The van der Waals surface area contributed by atoms with Gasteiger partial charge in [0.15, 0.2) is 0 Å². The lowest BCUT2D eigenvalue weighted by atomic mass is 10.1. The summed E-state index contributed by atoms with van der Waals surface area (Å²) < 4.78 is 1.60. The molecule has 0 spiro atoms. The van der Waals surface area contributed by atoms with E-state index in [9.17, 15) is 4.79 Å². The lowest BCUT2D eigenvalue weighted by molar-refractivity contribution is 0.0930. The summed E-state index contributed by atoms with van der Waals surface area (Å²) in [6, 6.07) is 9.72. The number of hydrogen-bond acceptors (Lipinski definition) is 3. The second kappa shape index (κ2) is 5.56. The minimum absolute atomic E-state index is 0.0756. The average molecular weight is 258 g/mol. The average Bonchev–Trinajstić information content (AvgIpc) is 2.80. The molecule has 100 valence electrons. The molecule has 0 radical (unpaired) electrons. The van der Waals surface area contributed by atoms with Crippen molar-refractivity contribution in [3.05, 3.63) is 47.8 Å². The number of aromatic nitrogens is 2. The maximum atomic E-state index is 12.2. The summed E-state index contributed by atoms with van der Waals surface area (Å²) in [7, 11) is 0. The molecule has 5 nitrogen and oxygen atoms in total. The Kier molecular flexibility index (Phi) is 3.85. The number of nitrogens with one attached hydrogen (secondary N) is 1. The van der Waals surface area contributed by atoms with E-state index in [1.54, 1.807) is 4.68 Å². The number of carbonyl (C=O) groups excluding carboxylic acids is 1. The third kappa shape index (κ3) is 2.76. The molecule has 1 amide bonds. The van der Waals surface area contributed by atoms with Crippen LogP contribution < -0.4 is 11.1 Å². The SMILES string of the molecule is CCn1ncc(N)c1C(=O)N[C@@H](C)c1ccccc1. The van der Waals surface area contributed by atoms with Gasteiger partial charge < -0.3 is 11.1 Å². The first-order chi connectivity index (χ1) is 9.13. The van der Waals surface area contributed by atoms with Crippen LogP contribution in [0.4, 0.5) is 5.69 Å². The van der Waals surface area contributed by atoms with Crippen molar-refractivity contribution in [3.8, 4) is 0 Å². The fraction of sp³-hybridized carbons (Fsp3) is 0.286. The molecule has 0 fully saturated rings. The highest BCUT2D eigenvalue weighted by Crippen LogP contribution is 2.15. The van der Waals surface area contributed by atoms with E-state index >= 15 is 0 Å². The second-order valence-corrected chi connectivity index (χ2v) is 4.37. The van der Waals surface area contributed by atoms with Crippen LogP contribution in [0.25, 0.3) is 0 Å². The summed E-state index contributed by atoms with van der Waals surface area (Å²) in [5.41, 5.74) is 7.66. The molecule has 0 aliphatic heterocycles. The van der Waals surface area contributed by atoms with Crippen LogP contribution in [0.3, 0.4) is 0 Å². The highest BCUT2D eigenvalue weighted by atomic mass is 16.2. The van der Waals surface area contributed by atoms with Gasteiger partial charge in [0.1, 0.15) is 5.69 Å². The molecule has 0 aliphatic rings. The molecule has 0 bridgehead atoms. The summed E-state index contributed by atoms with van der Waals surface area (Å²) in [5.74, 6) is -0.201. The van der Waals surface area contributed by atoms with Crippen LogP contribution in [0.15, 0.2) is 36.5 Å². The molecule has 3 N–H and O–H groups in total. The number of nitrogens with zero attached hydrogens (tertiary/aromatic N) is 2.